The SMILES string of the molecule is C=CCOC(=O)N1CCC[C@]1(CO)C(=O)O. The fraction of sp³-hybridized carbons (Fsp3) is 0.600. The van der Waals surface area contributed by atoms with Crippen molar-refractivity contribution in [2.45, 2.75) is 18.4 Å². The lowest BCUT2D eigenvalue weighted by Crippen LogP contribution is -2.55. The monoisotopic (exact) mass is 229 g/mol. The molecule has 0 radical (unpaired) electrons. The lowest BCUT2D eigenvalue weighted by atomic mass is 9.98. The standard InChI is InChI=1S/C10H15NO5/c1-2-6-16-9(15)11-5-3-4-10(11,7-12)8(13)14/h2,12H,1,3-7H2,(H,13,14)/t10-/m0/s1. The van der Waals surface area contributed by atoms with Crippen LogP contribution in [0.25, 0.3) is 0 Å². The summed E-state index contributed by atoms with van der Waals surface area (Å²) in [5.41, 5.74) is -1.53. The number of rotatable bonds is 4. The molecular formula is C10H15NO5. The fourth-order valence-electron chi connectivity index (χ4n) is 1.81. The molecule has 1 atom stereocenters. The van der Waals surface area contributed by atoms with Crippen molar-refractivity contribution in [3.8, 4) is 0 Å². The third-order valence-electron chi connectivity index (χ3n) is 2.69. The van der Waals surface area contributed by atoms with Gasteiger partial charge in [0.2, 0.25) is 0 Å². The minimum absolute atomic E-state index is 0.0243. The normalized spacial score (nSPS) is 24.2. The van der Waals surface area contributed by atoms with E-state index in [9.17, 15) is 14.7 Å². The number of amides is 1. The Kier molecular flexibility index (Phi) is 3.89. The van der Waals surface area contributed by atoms with E-state index in [0.29, 0.717) is 6.42 Å². The maximum Gasteiger partial charge on any atom is 0.411 e. The second kappa shape index (κ2) is 4.98. The lowest BCUT2D eigenvalue weighted by Gasteiger charge is -2.31. The third-order valence-corrected chi connectivity index (χ3v) is 2.69. The van der Waals surface area contributed by atoms with Gasteiger partial charge in [-0.2, -0.15) is 0 Å². The van der Waals surface area contributed by atoms with E-state index in [2.05, 4.69) is 6.58 Å². The molecule has 0 aromatic heterocycles. The number of aliphatic hydroxyl groups is 1. The Labute approximate surface area is 93.1 Å². The van der Waals surface area contributed by atoms with Crippen molar-refractivity contribution >= 4 is 12.1 Å². The Morgan fingerprint density at radius 1 is 1.56 bits per heavy atom. The largest absolute Gasteiger partial charge is 0.479 e. The highest BCUT2D eigenvalue weighted by atomic mass is 16.6. The van der Waals surface area contributed by atoms with Gasteiger partial charge in [0.25, 0.3) is 0 Å². The highest BCUT2D eigenvalue weighted by molar-refractivity contribution is 5.85. The van der Waals surface area contributed by atoms with E-state index >= 15 is 0 Å². The van der Waals surface area contributed by atoms with Gasteiger partial charge >= 0.3 is 12.1 Å². The molecule has 1 aliphatic heterocycles. The summed E-state index contributed by atoms with van der Waals surface area (Å²) in [6, 6.07) is 0. The number of hydrogen-bond acceptors (Lipinski definition) is 4. The van der Waals surface area contributed by atoms with Gasteiger partial charge in [0.15, 0.2) is 5.54 Å². The first kappa shape index (κ1) is 12.5. The minimum atomic E-state index is -1.53. The first-order valence-corrected chi connectivity index (χ1v) is 4.98. The molecule has 0 aromatic carbocycles. The summed E-state index contributed by atoms with van der Waals surface area (Å²) in [6.45, 7) is 3.09. The van der Waals surface area contributed by atoms with E-state index in [0.717, 1.165) is 4.90 Å². The van der Waals surface area contributed by atoms with E-state index in [1.807, 2.05) is 0 Å². The number of carboxylic acids is 1. The molecule has 16 heavy (non-hydrogen) atoms. The Morgan fingerprint density at radius 2 is 2.25 bits per heavy atom. The Balaban J connectivity index is 2.81. The highest BCUT2D eigenvalue weighted by Crippen LogP contribution is 2.29. The van der Waals surface area contributed by atoms with Crippen LogP contribution in [0.2, 0.25) is 0 Å². The van der Waals surface area contributed by atoms with E-state index < -0.39 is 24.2 Å². The van der Waals surface area contributed by atoms with Crippen molar-refractivity contribution in [2.75, 3.05) is 19.8 Å². The number of nitrogens with zero attached hydrogens (tertiary/aromatic N) is 1. The smallest absolute Gasteiger partial charge is 0.411 e. The minimum Gasteiger partial charge on any atom is -0.479 e. The zero-order chi connectivity index (χ0) is 12.2. The molecule has 2 N–H and O–H groups in total. The first-order chi connectivity index (χ1) is 7.58. The Bertz CT molecular complexity index is 304. The number of ether oxygens (including phenoxy) is 1. The van der Waals surface area contributed by atoms with Crippen LogP contribution < -0.4 is 0 Å². The molecule has 1 amide bonds. The molecule has 0 spiro atoms. The summed E-state index contributed by atoms with van der Waals surface area (Å²) in [6.07, 6.45) is 1.45. The van der Waals surface area contributed by atoms with Crippen molar-refractivity contribution in [1.29, 1.82) is 0 Å². The van der Waals surface area contributed by atoms with Crippen molar-refractivity contribution in [1.82, 2.24) is 4.90 Å². The van der Waals surface area contributed by atoms with E-state index in [1.54, 1.807) is 0 Å². The molecule has 6 nitrogen and oxygen atoms in total. The fourth-order valence-corrected chi connectivity index (χ4v) is 1.81. The van der Waals surface area contributed by atoms with Gasteiger partial charge in [-0.05, 0) is 12.8 Å². The van der Waals surface area contributed by atoms with Gasteiger partial charge in [-0.3, -0.25) is 4.90 Å². The second-order valence-corrected chi connectivity index (χ2v) is 3.62. The molecule has 0 unspecified atom stereocenters. The average Bonchev–Trinajstić information content (AvgIpc) is 2.70. The number of hydrogen-bond donors (Lipinski definition) is 2. The molecule has 0 bridgehead atoms. The summed E-state index contributed by atoms with van der Waals surface area (Å²) < 4.78 is 4.78. The summed E-state index contributed by atoms with van der Waals surface area (Å²) in [5.74, 6) is -1.21. The Morgan fingerprint density at radius 3 is 2.75 bits per heavy atom. The average molecular weight is 229 g/mol. The number of likely N-dealkylation sites (tertiary alicyclic amines) is 1. The number of carboxylic acid groups (broad SMARTS) is 1. The molecule has 0 aromatic rings. The molecule has 1 rings (SSSR count). The van der Waals surface area contributed by atoms with Crippen LogP contribution in [0.5, 0.6) is 0 Å². The first-order valence-electron chi connectivity index (χ1n) is 4.98. The quantitative estimate of drug-likeness (QED) is 0.673. The number of aliphatic carboxylic acids is 1. The second-order valence-electron chi connectivity index (χ2n) is 3.62. The maximum absolute atomic E-state index is 11.6. The van der Waals surface area contributed by atoms with Gasteiger partial charge in [-0.25, -0.2) is 9.59 Å². The summed E-state index contributed by atoms with van der Waals surface area (Å²) >= 11 is 0. The van der Waals surface area contributed by atoms with Gasteiger partial charge in [0.05, 0.1) is 6.61 Å². The number of carbonyl (C=O) groups excluding carboxylic acids is 1. The molecule has 0 aliphatic carbocycles. The van der Waals surface area contributed by atoms with E-state index in [-0.39, 0.29) is 19.6 Å². The molecule has 0 saturated carbocycles. The van der Waals surface area contributed by atoms with Crippen LogP contribution in [-0.4, -0.2) is 52.5 Å². The van der Waals surface area contributed by atoms with Crippen LogP contribution in [-0.2, 0) is 9.53 Å². The topological polar surface area (TPSA) is 87.1 Å². The van der Waals surface area contributed by atoms with E-state index in [1.165, 1.54) is 6.08 Å². The molecular weight excluding hydrogens is 214 g/mol. The Hall–Kier alpha value is -1.56. The maximum atomic E-state index is 11.6. The summed E-state index contributed by atoms with van der Waals surface area (Å²) in [4.78, 5) is 23.7. The van der Waals surface area contributed by atoms with Crippen molar-refractivity contribution in [3.05, 3.63) is 12.7 Å². The molecule has 1 fully saturated rings. The van der Waals surface area contributed by atoms with Crippen LogP contribution in [0.1, 0.15) is 12.8 Å². The van der Waals surface area contributed by atoms with Gasteiger partial charge in [0, 0.05) is 6.54 Å². The molecule has 6 heteroatoms. The van der Waals surface area contributed by atoms with Crippen LogP contribution in [0.15, 0.2) is 12.7 Å². The van der Waals surface area contributed by atoms with E-state index in [4.69, 9.17) is 9.84 Å². The van der Waals surface area contributed by atoms with Gasteiger partial charge in [0.1, 0.15) is 6.61 Å². The van der Waals surface area contributed by atoms with Gasteiger partial charge < -0.3 is 14.9 Å². The summed E-state index contributed by atoms with van der Waals surface area (Å²) in [5, 5.41) is 18.3. The summed E-state index contributed by atoms with van der Waals surface area (Å²) in [7, 11) is 0. The predicted octanol–water partition coefficient (Wildman–Crippen LogP) is 0.221. The van der Waals surface area contributed by atoms with Gasteiger partial charge in [-0.15, -0.1) is 0 Å². The van der Waals surface area contributed by atoms with Crippen LogP contribution in [0, 0.1) is 0 Å². The van der Waals surface area contributed by atoms with Crippen molar-refractivity contribution in [2.24, 2.45) is 0 Å². The predicted molar refractivity (Wildman–Crippen MR) is 54.9 cm³/mol. The highest BCUT2D eigenvalue weighted by Gasteiger charge is 2.50. The molecule has 1 heterocycles. The van der Waals surface area contributed by atoms with Crippen LogP contribution in [0.4, 0.5) is 4.79 Å². The molecule has 90 valence electrons. The van der Waals surface area contributed by atoms with Crippen LogP contribution in [0.3, 0.4) is 0 Å². The van der Waals surface area contributed by atoms with Crippen LogP contribution >= 0.6 is 0 Å². The number of aliphatic hydroxyl groups excluding tert-OH is 1. The van der Waals surface area contributed by atoms with Crippen molar-refractivity contribution < 1.29 is 24.5 Å². The lowest BCUT2D eigenvalue weighted by molar-refractivity contribution is -0.151. The zero-order valence-corrected chi connectivity index (χ0v) is 8.89. The molecule has 1 saturated heterocycles. The van der Waals surface area contributed by atoms with Crippen molar-refractivity contribution in [3.63, 3.8) is 0 Å². The zero-order valence-electron chi connectivity index (χ0n) is 8.89. The van der Waals surface area contributed by atoms with Gasteiger partial charge in [-0.1, -0.05) is 12.7 Å². The number of carbonyl (C=O) groups is 2. The third kappa shape index (κ3) is 2.01. The molecule has 1 aliphatic rings.